The normalized spacial score (nSPS) is 5.33. The molecular weight excluding hydrogens is 197 g/mol. The summed E-state index contributed by atoms with van der Waals surface area (Å²) in [5, 5.41) is 0. The summed E-state index contributed by atoms with van der Waals surface area (Å²) in [4.78, 5) is 9.67. The van der Waals surface area contributed by atoms with E-state index in [9.17, 15) is 4.79 Å². The molecule has 0 aromatic rings. The predicted molar refractivity (Wildman–Crippen MR) is 29.9 cm³/mol. The van der Waals surface area contributed by atoms with E-state index in [-0.39, 0.29) is 32.7 Å². The second-order valence-electron chi connectivity index (χ2n) is 0.598. The summed E-state index contributed by atoms with van der Waals surface area (Å²) in [7, 11) is 4.00. The van der Waals surface area contributed by atoms with E-state index >= 15 is 0 Å². The fourth-order valence-corrected chi connectivity index (χ4v) is 0.0589. The molecule has 0 N–H and O–H groups in total. The van der Waals surface area contributed by atoms with E-state index in [1.807, 2.05) is 0 Å². The van der Waals surface area contributed by atoms with Crippen molar-refractivity contribution in [3.8, 4) is 0 Å². The Morgan fingerprint density at radius 2 is 1.78 bits per heavy atom. The minimum absolute atomic E-state index is 0. The average molecular weight is 207 g/mol. The molecule has 0 bridgehead atoms. The molecule has 0 amide bonds. The molecule has 0 radical (unpaired) electrons. The molecule has 0 aromatic carbocycles. The van der Waals surface area contributed by atoms with Crippen LogP contribution in [0.15, 0.2) is 0 Å². The van der Waals surface area contributed by atoms with Crippen molar-refractivity contribution in [1.82, 2.24) is 0 Å². The summed E-state index contributed by atoms with van der Waals surface area (Å²) in [6.07, 6.45) is -0.769. The van der Waals surface area contributed by atoms with Crippen LogP contribution in [0.1, 0.15) is 6.92 Å². The first kappa shape index (κ1) is 16.2. The molecule has 0 rings (SSSR count). The van der Waals surface area contributed by atoms with Crippen molar-refractivity contribution < 1.29 is 47.0 Å². The van der Waals surface area contributed by atoms with Crippen molar-refractivity contribution in [2.45, 2.75) is 6.92 Å². The molecule has 0 aromatic heterocycles. The van der Waals surface area contributed by atoms with Gasteiger partial charge in [-0.3, -0.25) is 0 Å². The maximum Gasteiger partial charge on any atom is 3.00 e. The van der Waals surface area contributed by atoms with Crippen LogP contribution in [-0.4, -0.2) is 13.3 Å². The molecule has 0 aliphatic carbocycles. The third-order valence-electron chi connectivity index (χ3n) is 0.285. The Balaban J connectivity index is -0.000000109. The van der Waals surface area contributed by atoms with Crippen LogP contribution in [0.2, 0.25) is 0 Å². The van der Waals surface area contributed by atoms with Crippen molar-refractivity contribution in [3.63, 3.8) is 0 Å². The van der Waals surface area contributed by atoms with Crippen LogP contribution in [-0.2, 0) is 42.2 Å². The minimum Gasteiger partial charge on any atom is -0.609 e. The van der Waals surface area contributed by atoms with Gasteiger partial charge in [0.25, 0.3) is 0 Å². The maximum atomic E-state index is 9.67. The summed E-state index contributed by atoms with van der Waals surface area (Å²) in [5.74, 6) is 0. The zero-order chi connectivity index (χ0) is 6.99. The molecule has 0 spiro atoms. The van der Waals surface area contributed by atoms with Crippen molar-refractivity contribution in [2.24, 2.45) is 0 Å². The second-order valence-corrected chi connectivity index (χ2v) is 0.598. The maximum absolute atomic E-state index is 9.67. The van der Waals surface area contributed by atoms with Crippen LogP contribution in [0.5, 0.6) is 0 Å². The van der Waals surface area contributed by atoms with E-state index < -0.39 is 6.16 Å². The van der Waals surface area contributed by atoms with Gasteiger partial charge in [-0.25, -0.2) is 4.79 Å². The van der Waals surface area contributed by atoms with Crippen LogP contribution in [0.3, 0.4) is 0 Å². The van der Waals surface area contributed by atoms with Gasteiger partial charge in [-0.15, -0.1) is 0 Å². The molecule has 0 atom stereocenters. The Labute approximate surface area is 81.0 Å². The molecule has 50 valence electrons. The van der Waals surface area contributed by atoms with Crippen LogP contribution in [0.4, 0.5) is 4.79 Å². The molecule has 0 fully saturated rings. The zero-order valence-electron chi connectivity index (χ0n) is 5.72. The van der Waals surface area contributed by atoms with Gasteiger partial charge < -0.3 is 16.4 Å². The minimum atomic E-state index is -0.769. The molecule has 9 heavy (non-hydrogen) atoms. The van der Waals surface area contributed by atoms with Gasteiger partial charge in [0, 0.05) is 0 Å². The molecule has 4 heteroatoms. The molecule has 3 nitrogen and oxygen atoms in total. The van der Waals surface area contributed by atoms with Crippen molar-refractivity contribution in [1.29, 1.82) is 0 Å². The van der Waals surface area contributed by atoms with Crippen LogP contribution in [0.25, 0.3) is 0 Å². The van der Waals surface area contributed by atoms with E-state index in [1.54, 1.807) is 6.92 Å². The van der Waals surface area contributed by atoms with E-state index in [0.717, 1.165) is 0 Å². The van der Waals surface area contributed by atoms with Gasteiger partial charge in [0.1, 0.15) is 0 Å². The fraction of sp³-hybridized carbons (Fsp3) is 0.400. The SMILES string of the molecule is [CH2-]C.[CH2-]OC(=O)OC.[Y+3]. The van der Waals surface area contributed by atoms with Crippen LogP contribution in [0, 0.1) is 14.0 Å². The third kappa shape index (κ3) is 17.8. The number of carbonyl (C=O) groups excluding carboxylic acids is 1. The van der Waals surface area contributed by atoms with Gasteiger partial charge in [0.2, 0.25) is 0 Å². The number of rotatable bonds is 0. The van der Waals surface area contributed by atoms with Crippen LogP contribution < -0.4 is 0 Å². The summed E-state index contributed by atoms with van der Waals surface area (Å²) >= 11 is 0. The number of hydrogen-bond donors (Lipinski definition) is 0. The largest absolute Gasteiger partial charge is 3.00 e. The first-order chi connectivity index (χ1) is 3.81. The Bertz CT molecular complexity index is 50.2. The van der Waals surface area contributed by atoms with Gasteiger partial charge in [0.05, 0.1) is 7.11 Å². The van der Waals surface area contributed by atoms with Crippen LogP contribution >= 0.6 is 0 Å². The summed E-state index contributed by atoms with van der Waals surface area (Å²) < 4.78 is 7.76. The Hall–Kier alpha value is 0.374. The number of methoxy groups -OCH3 is 1. The standard InChI is InChI=1S/C3H5O3.C2H5.Y/c1-5-3(4)6-2;1-2;/h1H2,2H3;1H2,2H3;/q2*-1;+3. The van der Waals surface area contributed by atoms with Crippen molar-refractivity contribution in [2.75, 3.05) is 7.11 Å². The summed E-state index contributed by atoms with van der Waals surface area (Å²) in [6.45, 7) is 5.00. The van der Waals surface area contributed by atoms with E-state index in [4.69, 9.17) is 0 Å². The van der Waals surface area contributed by atoms with Crippen molar-refractivity contribution in [3.05, 3.63) is 14.0 Å². The molecular formula is C5H10O3Y+. The summed E-state index contributed by atoms with van der Waals surface area (Å²) in [6, 6.07) is 0. The third-order valence-corrected chi connectivity index (χ3v) is 0.285. The smallest absolute Gasteiger partial charge is 0.609 e. The predicted octanol–water partition coefficient (Wildman–Crippen LogP) is 1.40. The number of ether oxygens (including phenoxy) is 2. The Kier molecular flexibility index (Phi) is 28.3. The topological polar surface area (TPSA) is 35.5 Å². The quantitative estimate of drug-likeness (QED) is 0.444. The first-order valence-electron chi connectivity index (χ1n) is 2.02. The first-order valence-corrected chi connectivity index (χ1v) is 2.02. The fourth-order valence-electron chi connectivity index (χ4n) is 0.0589. The van der Waals surface area contributed by atoms with Gasteiger partial charge in [0.15, 0.2) is 0 Å². The number of carbonyl (C=O) groups is 1. The van der Waals surface area contributed by atoms with Gasteiger partial charge in [-0.05, 0) is 0 Å². The zero-order valence-corrected chi connectivity index (χ0v) is 8.55. The Morgan fingerprint density at radius 1 is 1.44 bits per heavy atom. The monoisotopic (exact) mass is 207 g/mol. The van der Waals surface area contributed by atoms with Crippen molar-refractivity contribution >= 4 is 6.16 Å². The number of hydrogen-bond acceptors (Lipinski definition) is 3. The molecule has 0 saturated carbocycles. The molecule has 0 saturated heterocycles. The van der Waals surface area contributed by atoms with Gasteiger partial charge in [-0.2, -0.15) is 14.0 Å². The van der Waals surface area contributed by atoms with Gasteiger partial charge >= 0.3 is 38.9 Å². The summed E-state index contributed by atoms with van der Waals surface area (Å²) in [5.41, 5.74) is 0. The molecule has 0 unspecified atom stereocenters. The van der Waals surface area contributed by atoms with E-state index in [0.29, 0.717) is 0 Å². The van der Waals surface area contributed by atoms with E-state index in [1.165, 1.54) is 7.11 Å². The average Bonchev–Trinajstić information content (AvgIpc) is 1.91. The van der Waals surface area contributed by atoms with Gasteiger partial charge in [-0.1, -0.05) is 0 Å². The molecule has 0 aliphatic rings. The Morgan fingerprint density at radius 3 is 1.78 bits per heavy atom. The molecule has 0 heterocycles. The van der Waals surface area contributed by atoms with E-state index in [2.05, 4.69) is 23.5 Å². The molecule has 0 aliphatic heterocycles. The second kappa shape index (κ2) is 15.8.